The lowest BCUT2D eigenvalue weighted by molar-refractivity contribution is -0.115. The molecule has 1 amide bonds. The van der Waals surface area contributed by atoms with Crippen molar-refractivity contribution in [2.75, 3.05) is 12.4 Å². The van der Waals surface area contributed by atoms with Gasteiger partial charge in [0.15, 0.2) is 0 Å². The van der Waals surface area contributed by atoms with Gasteiger partial charge in [-0.05, 0) is 11.6 Å². The van der Waals surface area contributed by atoms with Crippen LogP contribution < -0.4 is 10.1 Å². The molecule has 0 saturated heterocycles. The molecule has 6 heteroatoms. The lowest BCUT2D eigenvalue weighted by atomic mass is 10.1. The highest BCUT2D eigenvalue weighted by Crippen LogP contribution is 2.16. The Hall–Kier alpha value is -2.14. The number of carbonyl (C=O) groups excluding carboxylic acids is 1. The van der Waals surface area contributed by atoms with Crippen molar-refractivity contribution in [2.45, 2.75) is 6.42 Å². The molecule has 1 aromatic carbocycles. The van der Waals surface area contributed by atoms with E-state index in [0.717, 1.165) is 5.56 Å². The van der Waals surface area contributed by atoms with E-state index in [1.54, 1.807) is 12.1 Å². The van der Waals surface area contributed by atoms with E-state index in [4.69, 9.17) is 16.3 Å². The minimum atomic E-state index is -0.200. The maximum Gasteiger partial charge on any atom is 0.230 e. The molecule has 0 aliphatic heterocycles. The number of hydrogen-bond acceptors (Lipinski definition) is 4. The fourth-order valence-electron chi connectivity index (χ4n) is 1.52. The van der Waals surface area contributed by atoms with Crippen molar-refractivity contribution < 1.29 is 9.53 Å². The van der Waals surface area contributed by atoms with Crippen LogP contribution in [-0.2, 0) is 11.2 Å². The predicted molar refractivity (Wildman–Crippen MR) is 72.4 cm³/mol. The topological polar surface area (TPSA) is 64.1 Å². The van der Waals surface area contributed by atoms with Crippen LogP contribution in [0.1, 0.15) is 5.56 Å². The Morgan fingerprint density at radius 1 is 1.37 bits per heavy atom. The standard InChI is InChI=1S/C13H12ClN3O2/c1-19-13-7-11(15-8-16-13)17-12(18)6-9-4-2-3-5-10(9)14/h2-5,7-8H,6H2,1H3,(H,15,16,17,18). The summed E-state index contributed by atoms with van der Waals surface area (Å²) < 4.78 is 4.95. The van der Waals surface area contributed by atoms with E-state index in [-0.39, 0.29) is 12.3 Å². The van der Waals surface area contributed by atoms with E-state index >= 15 is 0 Å². The van der Waals surface area contributed by atoms with Crippen LogP contribution in [0.5, 0.6) is 5.88 Å². The van der Waals surface area contributed by atoms with Gasteiger partial charge >= 0.3 is 0 Å². The van der Waals surface area contributed by atoms with Gasteiger partial charge in [0.05, 0.1) is 13.5 Å². The minimum Gasteiger partial charge on any atom is -0.481 e. The van der Waals surface area contributed by atoms with Gasteiger partial charge in [-0.1, -0.05) is 29.8 Å². The van der Waals surface area contributed by atoms with Gasteiger partial charge in [0.1, 0.15) is 12.1 Å². The molecule has 1 heterocycles. The molecule has 0 unspecified atom stereocenters. The van der Waals surface area contributed by atoms with Gasteiger partial charge in [0.25, 0.3) is 0 Å². The number of benzene rings is 1. The van der Waals surface area contributed by atoms with Gasteiger partial charge in [-0.3, -0.25) is 4.79 Å². The normalized spacial score (nSPS) is 10.0. The molecule has 0 atom stereocenters. The van der Waals surface area contributed by atoms with Crippen molar-refractivity contribution in [1.29, 1.82) is 0 Å². The highest BCUT2D eigenvalue weighted by atomic mass is 35.5. The number of halogens is 1. The van der Waals surface area contributed by atoms with Crippen molar-refractivity contribution in [2.24, 2.45) is 0 Å². The largest absolute Gasteiger partial charge is 0.481 e. The van der Waals surface area contributed by atoms with E-state index in [1.807, 2.05) is 18.2 Å². The fraction of sp³-hybridized carbons (Fsp3) is 0.154. The average molecular weight is 278 g/mol. The maximum atomic E-state index is 11.9. The Bertz CT molecular complexity index is 590. The first kappa shape index (κ1) is 13.3. The Labute approximate surface area is 115 Å². The van der Waals surface area contributed by atoms with Gasteiger partial charge in [0.2, 0.25) is 11.8 Å². The number of amides is 1. The first-order valence-electron chi connectivity index (χ1n) is 5.58. The van der Waals surface area contributed by atoms with E-state index in [0.29, 0.717) is 16.7 Å². The number of nitrogens with zero attached hydrogens (tertiary/aromatic N) is 2. The average Bonchev–Trinajstić information content (AvgIpc) is 2.41. The molecule has 98 valence electrons. The molecule has 2 rings (SSSR count). The SMILES string of the molecule is COc1cc(NC(=O)Cc2ccccc2Cl)ncn1. The van der Waals surface area contributed by atoms with E-state index in [1.165, 1.54) is 13.4 Å². The van der Waals surface area contributed by atoms with E-state index < -0.39 is 0 Å². The van der Waals surface area contributed by atoms with E-state index in [9.17, 15) is 4.79 Å². The van der Waals surface area contributed by atoms with Crippen molar-refractivity contribution in [3.8, 4) is 5.88 Å². The molecule has 0 spiro atoms. The zero-order valence-corrected chi connectivity index (χ0v) is 11.0. The highest BCUT2D eigenvalue weighted by Gasteiger charge is 2.08. The zero-order valence-electron chi connectivity index (χ0n) is 10.3. The Morgan fingerprint density at radius 3 is 2.89 bits per heavy atom. The zero-order chi connectivity index (χ0) is 13.7. The number of aromatic nitrogens is 2. The fourth-order valence-corrected chi connectivity index (χ4v) is 1.72. The van der Waals surface area contributed by atoms with Crippen LogP contribution in [0, 0.1) is 0 Å². The van der Waals surface area contributed by atoms with Crippen LogP contribution in [0.2, 0.25) is 5.02 Å². The molecular weight excluding hydrogens is 266 g/mol. The summed E-state index contributed by atoms with van der Waals surface area (Å²) in [6.07, 6.45) is 1.51. The molecule has 0 aliphatic carbocycles. The monoisotopic (exact) mass is 277 g/mol. The number of rotatable bonds is 4. The second kappa shape index (κ2) is 6.15. The van der Waals surface area contributed by atoms with Crippen molar-refractivity contribution in [1.82, 2.24) is 9.97 Å². The summed E-state index contributed by atoms with van der Waals surface area (Å²) in [6, 6.07) is 8.76. The number of anilines is 1. The Kier molecular flexibility index (Phi) is 4.30. The molecular formula is C13H12ClN3O2. The smallest absolute Gasteiger partial charge is 0.230 e. The van der Waals surface area contributed by atoms with Crippen LogP contribution in [0.3, 0.4) is 0 Å². The van der Waals surface area contributed by atoms with Crippen LogP contribution in [0.4, 0.5) is 5.82 Å². The van der Waals surface area contributed by atoms with E-state index in [2.05, 4.69) is 15.3 Å². The molecule has 0 radical (unpaired) electrons. The van der Waals surface area contributed by atoms with Crippen LogP contribution in [-0.4, -0.2) is 23.0 Å². The predicted octanol–water partition coefficient (Wildman–Crippen LogP) is 2.32. The lowest BCUT2D eigenvalue weighted by Gasteiger charge is -2.06. The molecule has 2 aromatic rings. The summed E-state index contributed by atoms with van der Waals surface area (Å²) in [5.74, 6) is 0.584. The molecule has 0 bridgehead atoms. The molecule has 0 fully saturated rings. The molecule has 1 N–H and O–H groups in total. The third-order valence-corrected chi connectivity index (χ3v) is 2.80. The summed E-state index contributed by atoms with van der Waals surface area (Å²) in [4.78, 5) is 19.7. The molecule has 0 aliphatic rings. The van der Waals surface area contributed by atoms with Crippen LogP contribution in [0.25, 0.3) is 0 Å². The van der Waals surface area contributed by atoms with Crippen molar-refractivity contribution >= 4 is 23.3 Å². The van der Waals surface area contributed by atoms with Crippen molar-refractivity contribution in [3.63, 3.8) is 0 Å². The molecule has 5 nitrogen and oxygen atoms in total. The van der Waals surface area contributed by atoms with Crippen LogP contribution >= 0.6 is 11.6 Å². The van der Waals surface area contributed by atoms with Gasteiger partial charge in [-0.25, -0.2) is 9.97 Å². The number of nitrogens with one attached hydrogen (secondary N) is 1. The second-order valence-electron chi connectivity index (χ2n) is 3.76. The second-order valence-corrected chi connectivity index (χ2v) is 4.17. The first-order chi connectivity index (χ1) is 9.19. The van der Waals surface area contributed by atoms with Crippen LogP contribution in [0.15, 0.2) is 36.7 Å². The van der Waals surface area contributed by atoms with Gasteiger partial charge in [-0.15, -0.1) is 0 Å². The summed E-state index contributed by atoms with van der Waals surface area (Å²) in [5, 5.41) is 3.23. The summed E-state index contributed by atoms with van der Waals surface area (Å²) in [5.41, 5.74) is 0.766. The number of carbonyl (C=O) groups is 1. The molecule has 0 saturated carbocycles. The third kappa shape index (κ3) is 3.66. The van der Waals surface area contributed by atoms with Gasteiger partial charge < -0.3 is 10.1 Å². The number of ether oxygens (including phenoxy) is 1. The molecule has 1 aromatic heterocycles. The third-order valence-electron chi connectivity index (χ3n) is 2.43. The molecule has 19 heavy (non-hydrogen) atoms. The quantitative estimate of drug-likeness (QED) is 0.931. The summed E-state index contributed by atoms with van der Waals surface area (Å²) in [6.45, 7) is 0. The number of methoxy groups -OCH3 is 1. The first-order valence-corrected chi connectivity index (χ1v) is 5.96. The number of hydrogen-bond donors (Lipinski definition) is 1. The van der Waals surface area contributed by atoms with Gasteiger partial charge in [-0.2, -0.15) is 0 Å². The minimum absolute atomic E-state index is 0.186. The Morgan fingerprint density at radius 2 is 2.16 bits per heavy atom. The highest BCUT2D eigenvalue weighted by molar-refractivity contribution is 6.31. The lowest BCUT2D eigenvalue weighted by Crippen LogP contribution is -2.15. The summed E-state index contributed by atoms with van der Waals surface area (Å²) in [7, 11) is 1.50. The van der Waals surface area contributed by atoms with Gasteiger partial charge in [0, 0.05) is 11.1 Å². The summed E-state index contributed by atoms with van der Waals surface area (Å²) >= 11 is 5.99. The maximum absolute atomic E-state index is 11.9. The Balaban J connectivity index is 2.03. The van der Waals surface area contributed by atoms with Crippen molar-refractivity contribution in [3.05, 3.63) is 47.2 Å².